The number of hydrogen-bond acceptors (Lipinski definition) is 2. The maximum absolute atomic E-state index is 11.4. The fraction of sp³-hybridized carbons (Fsp3) is 0.400. The average molecular weight is 248 g/mol. The molecule has 3 nitrogen and oxygen atoms in total. The minimum Gasteiger partial charge on any atom is -0.212 e. The predicted molar refractivity (Wildman–Crippen MR) is 62.5 cm³/mol. The Labute approximate surface area is 95.5 Å². The van der Waals surface area contributed by atoms with Crippen LogP contribution in [-0.4, -0.2) is 20.1 Å². The number of rotatable bonds is 5. The molecule has 1 atom stereocenters. The SMILES string of the molecule is C[C@H](NS(=O)(=O)CCCl)c1ccccc1. The summed E-state index contributed by atoms with van der Waals surface area (Å²) in [4.78, 5) is 0. The van der Waals surface area contributed by atoms with Crippen molar-refractivity contribution in [3.05, 3.63) is 35.9 Å². The van der Waals surface area contributed by atoms with Gasteiger partial charge in [0, 0.05) is 11.9 Å². The van der Waals surface area contributed by atoms with Crippen LogP contribution in [0.5, 0.6) is 0 Å². The van der Waals surface area contributed by atoms with E-state index in [1.807, 2.05) is 30.3 Å². The van der Waals surface area contributed by atoms with Crippen LogP contribution in [0.3, 0.4) is 0 Å². The molecule has 0 spiro atoms. The van der Waals surface area contributed by atoms with Crippen molar-refractivity contribution in [2.75, 3.05) is 11.6 Å². The fourth-order valence-electron chi connectivity index (χ4n) is 1.24. The quantitative estimate of drug-likeness (QED) is 0.808. The van der Waals surface area contributed by atoms with E-state index in [4.69, 9.17) is 11.6 Å². The third-order valence-electron chi connectivity index (χ3n) is 2.00. The molecule has 0 aromatic heterocycles. The van der Waals surface area contributed by atoms with E-state index in [9.17, 15) is 8.42 Å². The molecular formula is C10H14ClNO2S. The minimum absolute atomic E-state index is 0.0499. The Balaban J connectivity index is 2.68. The Hall–Kier alpha value is -0.580. The molecule has 0 aliphatic heterocycles. The summed E-state index contributed by atoms with van der Waals surface area (Å²) in [6.45, 7) is 1.81. The van der Waals surface area contributed by atoms with E-state index >= 15 is 0 Å². The van der Waals surface area contributed by atoms with Crippen LogP contribution in [-0.2, 0) is 10.0 Å². The molecule has 0 heterocycles. The normalized spacial score (nSPS) is 13.7. The van der Waals surface area contributed by atoms with E-state index in [1.165, 1.54) is 0 Å². The first-order chi connectivity index (χ1) is 7.05. The summed E-state index contributed by atoms with van der Waals surface area (Å²) >= 11 is 5.40. The lowest BCUT2D eigenvalue weighted by Gasteiger charge is -2.13. The highest BCUT2D eigenvalue weighted by Gasteiger charge is 2.14. The van der Waals surface area contributed by atoms with Crippen molar-refractivity contribution in [2.45, 2.75) is 13.0 Å². The van der Waals surface area contributed by atoms with E-state index in [0.29, 0.717) is 0 Å². The van der Waals surface area contributed by atoms with Crippen LogP contribution < -0.4 is 4.72 Å². The van der Waals surface area contributed by atoms with Crippen molar-refractivity contribution in [2.24, 2.45) is 0 Å². The molecule has 15 heavy (non-hydrogen) atoms. The Kier molecular flexibility index (Phi) is 4.57. The molecule has 0 amide bonds. The van der Waals surface area contributed by atoms with Crippen molar-refractivity contribution < 1.29 is 8.42 Å². The van der Waals surface area contributed by atoms with Gasteiger partial charge in [0.05, 0.1) is 5.75 Å². The first-order valence-corrected chi connectivity index (χ1v) is 6.85. The van der Waals surface area contributed by atoms with E-state index in [2.05, 4.69) is 4.72 Å². The average Bonchev–Trinajstić information content (AvgIpc) is 2.18. The topological polar surface area (TPSA) is 46.2 Å². The van der Waals surface area contributed by atoms with Crippen molar-refractivity contribution >= 4 is 21.6 Å². The van der Waals surface area contributed by atoms with Gasteiger partial charge in [-0.3, -0.25) is 0 Å². The van der Waals surface area contributed by atoms with Gasteiger partial charge in [-0.2, -0.15) is 0 Å². The van der Waals surface area contributed by atoms with Crippen molar-refractivity contribution in [3.8, 4) is 0 Å². The van der Waals surface area contributed by atoms with Crippen LogP contribution in [0.1, 0.15) is 18.5 Å². The summed E-state index contributed by atoms with van der Waals surface area (Å²) in [5.74, 6) is 0.0581. The standard InChI is InChI=1S/C10H14ClNO2S/c1-9(10-5-3-2-4-6-10)12-15(13,14)8-7-11/h2-6,9,12H,7-8H2,1H3/t9-/m0/s1. The van der Waals surface area contributed by atoms with Crippen LogP contribution in [0, 0.1) is 0 Å². The smallest absolute Gasteiger partial charge is 0.212 e. The summed E-state index contributed by atoms with van der Waals surface area (Å²) in [6, 6.07) is 9.19. The van der Waals surface area contributed by atoms with Gasteiger partial charge < -0.3 is 0 Å². The Morgan fingerprint density at radius 3 is 2.47 bits per heavy atom. The molecule has 0 aliphatic carbocycles. The Morgan fingerprint density at radius 1 is 1.33 bits per heavy atom. The molecular weight excluding hydrogens is 234 g/mol. The van der Waals surface area contributed by atoms with Gasteiger partial charge in [0.15, 0.2) is 0 Å². The number of hydrogen-bond donors (Lipinski definition) is 1. The van der Waals surface area contributed by atoms with Gasteiger partial charge in [0.25, 0.3) is 0 Å². The van der Waals surface area contributed by atoms with E-state index in [1.54, 1.807) is 6.92 Å². The van der Waals surface area contributed by atoms with Gasteiger partial charge in [0.2, 0.25) is 10.0 Å². The first kappa shape index (κ1) is 12.5. The monoisotopic (exact) mass is 247 g/mol. The van der Waals surface area contributed by atoms with Gasteiger partial charge >= 0.3 is 0 Å². The maximum atomic E-state index is 11.4. The largest absolute Gasteiger partial charge is 0.213 e. The number of benzene rings is 1. The molecule has 1 rings (SSSR count). The summed E-state index contributed by atoms with van der Waals surface area (Å²) in [6.07, 6.45) is 0. The zero-order valence-corrected chi connectivity index (χ0v) is 10.1. The fourth-order valence-corrected chi connectivity index (χ4v) is 2.84. The third-order valence-corrected chi connectivity index (χ3v) is 3.87. The lowest BCUT2D eigenvalue weighted by molar-refractivity contribution is 0.568. The summed E-state index contributed by atoms with van der Waals surface area (Å²) in [5, 5.41) is 0. The molecule has 0 bridgehead atoms. The summed E-state index contributed by atoms with van der Waals surface area (Å²) in [5.41, 5.74) is 0.940. The second-order valence-electron chi connectivity index (χ2n) is 3.26. The molecule has 0 fully saturated rings. The number of halogens is 1. The molecule has 0 saturated carbocycles. The van der Waals surface area contributed by atoms with Gasteiger partial charge in [-0.25, -0.2) is 13.1 Å². The number of nitrogens with one attached hydrogen (secondary N) is 1. The summed E-state index contributed by atoms with van der Waals surface area (Å²) in [7, 11) is -3.26. The van der Waals surface area contributed by atoms with Gasteiger partial charge in [-0.15, -0.1) is 11.6 Å². The third kappa shape index (κ3) is 4.20. The van der Waals surface area contributed by atoms with Crippen LogP contribution in [0.15, 0.2) is 30.3 Å². The first-order valence-electron chi connectivity index (χ1n) is 4.66. The van der Waals surface area contributed by atoms with Crippen LogP contribution in [0.4, 0.5) is 0 Å². The van der Waals surface area contributed by atoms with Crippen molar-refractivity contribution in [3.63, 3.8) is 0 Å². The van der Waals surface area contributed by atoms with E-state index < -0.39 is 10.0 Å². The Morgan fingerprint density at radius 2 is 1.93 bits per heavy atom. The van der Waals surface area contributed by atoms with E-state index in [0.717, 1.165) is 5.56 Å². The molecule has 1 aromatic rings. The van der Waals surface area contributed by atoms with Gasteiger partial charge in [-0.1, -0.05) is 30.3 Å². The molecule has 84 valence electrons. The van der Waals surface area contributed by atoms with E-state index in [-0.39, 0.29) is 17.7 Å². The molecule has 0 aliphatic rings. The molecule has 5 heteroatoms. The predicted octanol–water partition coefficient (Wildman–Crippen LogP) is 1.91. The lowest BCUT2D eigenvalue weighted by Crippen LogP contribution is -2.29. The zero-order valence-electron chi connectivity index (χ0n) is 8.48. The number of sulfonamides is 1. The summed E-state index contributed by atoms with van der Waals surface area (Å²) < 4.78 is 25.4. The highest BCUT2D eigenvalue weighted by atomic mass is 35.5. The maximum Gasteiger partial charge on any atom is 0.213 e. The Bertz CT molecular complexity index is 391. The van der Waals surface area contributed by atoms with Crippen LogP contribution >= 0.6 is 11.6 Å². The molecule has 0 radical (unpaired) electrons. The molecule has 1 N–H and O–H groups in total. The molecule has 1 aromatic carbocycles. The molecule has 0 unspecified atom stereocenters. The van der Waals surface area contributed by atoms with Crippen molar-refractivity contribution in [1.82, 2.24) is 4.72 Å². The lowest BCUT2D eigenvalue weighted by atomic mass is 10.1. The highest BCUT2D eigenvalue weighted by molar-refractivity contribution is 7.89. The van der Waals surface area contributed by atoms with Crippen LogP contribution in [0.25, 0.3) is 0 Å². The van der Waals surface area contributed by atoms with Gasteiger partial charge in [-0.05, 0) is 12.5 Å². The minimum atomic E-state index is -3.26. The zero-order chi connectivity index (χ0) is 11.3. The second-order valence-corrected chi connectivity index (χ2v) is 5.51. The molecule has 0 saturated heterocycles. The number of alkyl halides is 1. The second kappa shape index (κ2) is 5.49. The van der Waals surface area contributed by atoms with Crippen molar-refractivity contribution in [1.29, 1.82) is 0 Å². The van der Waals surface area contributed by atoms with Gasteiger partial charge in [0.1, 0.15) is 0 Å². The van der Waals surface area contributed by atoms with Crippen LogP contribution in [0.2, 0.25) is 0 Å². The highest BCUT2D eigenvalue weighted by Crippen LogP contribution is 2.12.